The average Bonchev–Trinajstić information content (AvgIpc) is 2.63. The Hall–Kier alpha value is -1.01. The van der Waals surface area contributed by atoms with Gasteiger partial charge in [-0.25, -0.2) is 0 Å². The summed E-state index contributed by atoms with van der Waals surface area (Å²) in [6.07, 6.45) is 0. The second-order valence-electron chi connectivity index (χ2n) is 3.78. The quantitative estimate of drug-likeness (QED) is 0.784. The molecule has 1 aliphatic rings. The third-order valence-electron chi connectivity index (χ3n) is 2.17. The van der Waals surface area contributed by atoms with Crippen molar-refractivity contribution in [2.45, 2.75) is 6.92 Å². The van der Waals surface area contributed by atoms with Crippen molar-refractivity contribution in [3.63, 3.8) is 0 Å². The fourth-order valence-corrected chi connectivity index (χ4v) is 1.64. The molecular weight excluding hydrogens is 202 g/mol. The molecule has 1 aromatic heterocycles. The van der Waals surface area contributed by atoms with E-state index in [4.69, 9.17) is 4.74 Å². The molecule has 6 heteroatoms. The van der Waals surface area contributed by atoms with E-state index in [1.165, 1.54) is 11.5 Å². The smallest absolute Gasteiger partial charge is 0.272 e. The first-order valence-corrected chi connectivity index (χ1v) is 5.16. The zero-order valence-corrected chi connectivity index (χ0v) is 8.63. The number of carbonyl (C=O) groups is 1. The van der Waals surface area contributed by atoms with Gasteiger partial charge in [-0.05, 0) is 11.5 Å². The molecule has 0 aromatic carbocycles. The molecule has 1 saturated heterocycles. The molecule has 0 spiro atoms. The zero-order chi connectivity index (χ0) is 10.0. The average molecular weight is 213 g/mol. The minimum absolute atomic E-state index is 0.0963. The third-order valence-corrected chi connectivity index (χ3v) is 2.67. The molecule has 0 saturated carbocycles. The maximum absolute atomic E-state index is 11.4. The van der Waals surface area contributed by atoms with Crippen LogP contribution in [0.15, 0.2) is 5.38 Å². The van der Waals surface area contributed by atoms with Crippen LogP contribution in [0, 0.1) is 5.41 Å². The van der Waals surface area contributed by atoms with Crippen molar-refractivity contribution in [3.05, 3.63) is 11.1 Å². The summed E-state index contributed by atoms with van der Waals surface area (Å²) in [7, 11) is 0. The lowest BCUT2D eigenvalue weighted by atomic mass is 9.89. The van der Waals surface area contributed by atoms with Crippen LogP contribution in [0.3, 0.4) is 0 Å². The summed E-state index contributed by atoms with van der Waals surface area (Å²) in [5.74, 6) is -0.160. The molecule has 1 aromatic rings. The van der Waals surface area contributed by atoms with E-state index in [9.17, 15) is 4.79 Å². The van der Waals surface area contributed by atoms with Crippen molar-refractivity contribution in [1.82, 2.24) is 14.9 Å². The van der Waals surface area contributed by atoms with Crippen molar-refractivity contribution in [3.8, 4) is 0 Å². The van der Waals surface area contributed by atoms with Crippen molar-refractivity contribution >= 4 is 17.4 Å². The van der Waals surface area contributed by atoms with Gasteiger partial charge in [0.1, 0.15) is 0 Å². The first kappa shape index (κ1) is 9.54. The maximum Gasteiger partial charge on any atom is 0.272 e. The van der Waals surface area contributed by atoms with Gasteiger partial charge in [0.25, 0.3) is 5.91 Å². The Morgan fingerprint density at radius 2 is 2.57 bits per heavy atom. The van der Waals surface area contributed by atoms with Gasteiger partial charge in [0.15, 0.2) is 5.69 Å². The van der Waals surface area contributed by atoms with Crippen LogP contribution in [0.25, 0.3) is 0 Å². The van der Waals surface area contributed by atoms with Crippen LogP contribution in [-0.2, 0) is 4.74 Å². The van der Waals surface area contributed by atoms with Crippen molar-refractivity contribution in [1.29, 1.82) is 0 Å². The van der Waals surface area contributed by atoms with E-state index in [0.717, 1.165) is 0 Å². The van der Waals surface area contributed by atoms with Gasteiger partial charge in [-0.15, -0.1) is 5.10 Å². The lowest BCUT2D eigenvalue weighted by Gasteiger charge is -2.37. The number of nitrogens with one attached hydrogen (secondary N) is 1. The number of ether oxygens (including phenoxy) is 1. The van der Waals surface area contributed by atoms with Crippen LogP contribution in [0.1, 0.15) is 17.4 Å². The molecule has 0 atom stereocenters. The van der Waals surface area contributed by atoms with E-state index in [2.05, 4.69) is 21.8 Å². The van der Waals surface area contributed by atoms with E-state index < -0.39 is 0 Å². The van der Waals surface area contributed by atoms with Gasteiger partial charge in [-0.2, -0.15) is 0 Å². The monoisotopic (exact) mass is 213 g/mol. The second kappa shape index (κ2) is 3.62. The number of carbonyl (C=O) groups excluding carboxylic acids is 1. The first-order chi connectivity index (χ1) is 6.70. The van der Waals surface area contributed by atoms with E-state index >= 15 is 0 Å². The standard InChI is InChI=1S/C8H11N3O2S/c1-8(4-13-5-8)3-9-7(12)6-2-14-11-10-6/h2H,3-5H2,1H3,(H,9,12). The largest absolute Gasteiger partial charge is 0.380 e. The van der Waals surface area contributed by atoms with E-state index in [0.29, 0.717) is 25.5 Å². The molecule has 1 N–H and O–H groups in total. The Balaban J connectivity index is 1.84. The molecule has 14 heavy (non-hydrogen) atoms. The number of rotatable bonds is 3. The van der Waals surface area contributed by atoms with E-state index in [-0.39, 0.29) is 11.3 Å². The first-order valence-electron chi connectivity index (χ1n) is 4.33. The number of hydrogen-bond acceptors (Lipinski definition) is 5. The van der Waals surface area contributed by atoms with Crippen LogP contribution >= 0.6 is 11.5 Å². The molecule has 1 fully saturated rings. The van der Waals surface area contributed by atoms with Gasteiger partial charge in [-0.1, -0.05) is 11.4 Å². The molecule has 76 valence electrons. The summed E-state index contributed by atoms with van der Waals surface area (Å²) in [5, 5.41) is 8.13. The summed E-state index contributed by atoms with van der Waals surface area (Å²) >= 11 is 1.17. The Labute approximate surface area is 85.6 Å². The van der Waals surface area contributed by atoms with Gasteiger partial charge >= 0.3 is 0 Å². The Morgan fingerprint density at radius 1 is 1.79 bits per heavy atom. The zero-order valence-electron chi connectivity index (χ0n) is 7.82. The summed E-state index contributed by atoms with van der Waals surface area (Å²) < 4.78 is 8.71. The van der Waals surface area contributed by atoms with Crippen molar-refractivity contribution < 1.29 is 9.53 Å². The fraction of sp³-hybridized carbons (Fsp3) is 0.625. The number of amides is 1. The summed E-state index contributed by atoms with van der Waals surface area (Å²) in [5.41, 5.74) is 0.484. The van der Waals surface area contributed by atoms with Gasteiger partial charge in [0.2, 0.25) is 0 Å². The molecule has 2 heterocycles. The van der Waals surface area contributed by atoms with Crippen LogP contribution in [0.2, 0.25) is 0 Å². The van der Waals surface area contributed by atoms with Gasteiger partial charge in [0, 0.05) is 17.3 Å². The van der Waals surface area contributed by atoms with Crippen LogP contribution < -0.4 is 5.32 Å². The molecule has 0 radical (unpaired) electrons. The normalized spacial score (nSPS) is 18.6. The predicted molar refractivity (Wildman–Crippen MR) is 51.2 cm³/mol. The number of nitrogens with zero attached hydrogens (tertiary/aromatic N) is 2. The van der Waals surface area contributed by atoms with Gasteiger partial charge in [-0.3, -0.25) is 4.79 Å². The molecule has 1 amide bonds. The highest BCUT2D eigenvalue weighted by molar-refractivity contribution is 7.03. The summed E-state index contributed by atoms with van der Waals surface area (Å²) in [6.45, 7) is 4.13. The highest BCUT2D eigenvalue weighted by atomic mass is 32.1. The predicted octanol–water partition coefficient (Wildman–Crippen LogP) is 0.304. The number of aromatic nitrogens is 2. The lowest BCUT2D eigenvalue weighted by Crippen LogP contribution is -2.48. The van der Waals surface area contributed by atoms with Crippen molar-refractivity contribution in [2.24, 2.45) is 5.41 Å². The van der Waals surface area contributed by atoms with Crippen molar-refractivity contribution in [2.75, 3.05) is 19.8 Å². The second-order valence-corrected chi connectivity index (χ2v) is 4.39. The van der Waals surface area contributed by atoms with Crippen LogP contribution in [0.5, 0.6) is 0 Å². The Kier molecular flexibility index (Phi) is 2.47. The molecule has 1 aliphatic heterocycles. The molecule has 0 unspecified atom stereocenters. The minimum atomic E-state index is -0.160. The van der Waals surface area contributed by atoms with Crippen LogP contribution in [-0.4, -0.2) is 35.3 Å². The topological polar surface area (TPSA) is 64.1 Å². The Bertz CT molecular complexity index is 321. The molecule has 0 bridgehead atoms. The fourth-order valence-electron chi connectivity index (χ4n) is 1.20. The minimum Gasteiger partial charge on any atom is -0.380 e. The van der Waals surface area contributed by atoms with Gasteiger partial charge in [0.05, 0.1) is 13.2 Å². The lowest BCUT2D eigenvalue weighted by molar-refractivity contribution is -0.0978. The maximum atomic E-state index is 11.4. The highest BCUT2D eigenvalue weighted by Crippen LogP contribution is 2.25. The molecule has 5 nitrogen and oxygen atoms in total. The number of hydrogen-bond donors (Lipinski definition) is 1. The van der Waals surface area contributed by atoms with E-state index in [1.54, 1.807) is 5.38 Å². The molecular formula is C8H11N3O2S. The molecule has 0 aliphatic carbocycles. The Morgan fingerprint density at radius 3 is 3.07 bits per heavy atom. The SMILES string of the molecule is CC1(CNC(=O)c2csnn2)COC1. The van der Waals surface area contributed by atoms with E-state index in [1.807, 2.05) is 0 Å². The third kappa shape index (κ3) is 1.91. The highest BCUT2D eigenvalue weighted by Gasteiger charge is 2.33. The van der Waals surface area contributed by atoms with Gasteiger partial charge < -0.3 is 10.1 Å². The van der Waals surface area contributed by atoms with Crippen LogP contribution in [0.4, 0.5) is 0 Å². The summed E-state index contributed by atoms with van der Waals surface area (Å²) in [4.78, 5) is 11.4. The molecule has 2 rings (SSSR count). The summed E-state index contributed by atoms with van der Waals surface area (Å²) in [6, 6.07) is 0.